The Morgan fingerprint density at radius 2 is 2.33 bits per heavy atom. The molecule has 2 nitrogen and oxygen atoms in total. The summed E-state index contributed by atoms with van der Waals surface area (Å²) in [5.41, 5.74) is 0. The summed E-state index contributed by atoms with van der Waals surface area (Å²) in [6, 6.07) is 2.20. The van der Waals surface area contributed by atoms with Crippen LogP contribution in [0.2, 0.25) is 0 Å². The van der Waals surface area contributed by atoms with Gasteiger partial charge in [0.2, 0.25) is 0 Å². The van der Waals surface area contributed by atoms with Gasteiger partial charge in [-0.05, 0) is 24.8 Å². The van der Waals surface area contributed by atoms with Gasteiger partial charge in [-0.15, -0.1) is 0 Å². The van der Waals surface area contributed by atoms with Crippen LogP contribution in [0.15, 0.2) is 0 Å². The molecule has 1 atom stereocenters. The predicted molar refractivity (Wildman–Crippen MR) is 49.6 cm³/mol. The minimum Gasteiger partial charge on any atom is -0.302 e. The molecule has 0 amide bonds. The second-order valence-electron chi connectivity index (χ2n) is 4.00. The second kappa shape index (κ2) is 4.47. The molecule has 2 heteroatoms. The molecule has 1 fully saturated rings. The molecule has 0 saturated carbocycles. The molecule has 0 aromatic rings. The van der Waals surface area contributed by atoms with E-state index in [2.05, 4.69) is 24.8 Å². The van der Waals surface area contributed by atoms with Crippen LogP contribution in [0, 0.1) is 23.2 Å². The fourth-order valence-electron chi connectivity index (χ4n) is 1.82. The summed E-state index contributed by atoms with van der Waals surface area (Å²) in [6.07, 6.45) is 2.01. The van der Waals surface area contributed by atoms with E-state index in [9.17, 15) is 0 Å². The molecular formula is C10H18N2. The van der Waals surface area contributed by atoms with E-state index in [1.807, 2.05) is 0 Å². The second-order valence-corrected chi connectivity index (χ2v) is 4.00. The lowest BCUT2D eigenvalue weighted by Gasteiger charge is -2.16. The zero-order chi connectivity index (χ0) is 8.97. The van der Waals surface area contributed by atoms with Crippen LogP contribution >= 0.6 is 0 Å². The van der Waals surface area contributed by atoms with Gasteiger partial charge in [0.1, 0.15) is 0 Å². The number of nitrogens with zero attached hydrogens (tertiary/aromatic N) is 2. The van der Waals surface area contributed by atoms with Crippen molar-refractivity contribution in [3.63, 3.8) is 0 Å². The van der Waals surface area contributed by atoms with Crippen molar-refractivity contribution in [2.45, 2.75) is 26.7 Å². The minimum absolute atomic E-state index is 0.685. The van der Waals surface area contributed by atoms with E-state index in [0.717, 1.165) is 18.4 Å². The lowest BCUT2D eigenvalue weighted by molar-refractivity contribution is 0.309. The average Bonchev–Trinajstić information content (AvgIpc) is 2.48. The van der Waals surface area contributed by atoms with E-state index in [-0.39, 0.29) is 0 Å². The van der Waals surface area contributed by atoms with Crippen molar-refractivity contribution in [1.29, 1.82) is 5.26 Å². The molecule has 0 aromatic heterocycles. The summed E-state index contributed by atoms with van der Waals surface area (Å²) in [5, 5.41) is 8.43. The maximum Gasteiger partial charge on any atom is 0.0635 e. The molecule has 1 saturated heterocycles. The summed E-state index contributed by atoms with van der Waals surface area (Å²) in [6.45, 7) is 7.96. The highest BCUT2D eigenvalue weighted by Gasteiger charge is 2.23. The van der Waals surface area contributed by atoms with Crippen molar-refractivity contribution in [1.82, 2.24) is 4.90 Å². The Balaban J connectivity index is 2.22. The predicted octanol–water partition coefficient (Wildman–Crippen LogP) is 1.88. The van der Waals surface area contributed by atoms with Crippen molar-refractivity contribution in [3.05, 3.63) is 0 Å². The van der Waals surface area contributed by atoms with Gasteiger partial charge < -0.3 is 4.90 Å². The standard InChI is InChI=1S/C10H18N2/c1-9(2)10-4-7-12(8-10)6-3-5-11/h9-10H,3-4,6-8H2,1-2H3/t10-/m1/s1. The van der Waals surface area contributed by atoms with E-state index in [4.69, 9.17) is 5.26 Å². The van der Waals surface area contributed by atoms with Crippen LogP contribution < -0.4 is 0 Å². The first kappa shape index (κ1) is 9.54. The molecule has 1 aliphatic heterocycles. The highest BCUT2D eigenvalue weighted by Crippen LogP contribution is 2.23. The van der Waals surface area contributed by atoms with E-state index in [1.165, 1.54) is 19.5 Å². The molecule has 0 N–H and O–H groups in total. The largest absolute Gasteiger partial charge is 0.302 e. The fraction of sp³-hybridized carbons (Fsp3) is 0.900. The molecule has 12 heavy (non-hydrogen) atoms. The Hall–Kier alpha value is -0.550. The number of hydrogen-bond donors (Lipinski definition) is 0. The first-order chi connectivity index (χ1) is 5.74. The van der Waals surface area contributed by atoms with Gasteiger partial charge in [0.05, 0.1) is 6.07 Å². The van der Waals surface area contributed by atoms with Crippen molar-refractivity contribution in [2.75, 3.05) is 19.6 Å². The van der Waals surface area contributed by atoms with E-state index in [1.54, 1.807) is 0 Å². The van der Waals surface area contributed by atoms with Crippen LogP contribution in [0.4, 0.5) is 0 Å². The highest BCUT2D eigenvalue weighted by molar-refractivity contribution is 4.80. The molecule has 0 bridgehead atoms. The third-order valence-corrected chi connectivity index (χ3v) is 2.79. The van der Waals surface area contributed by atoms with Gasteiger partial charge in [0.25, 0.3) is 0 Å². The topological polar surface area (TPSA) is 27.0 Å². The monoisotopic (exact) mass is 166 g/mol. The number of nitriles is 1. The van der Waals surface area contributed by atoms with E-state index >= 15 is 0 Å². The third kappa shape index (κ3) is 2.49. The zero-order valence-electron chi connectivity index (χ0n) is 8.08. The average molecular weight is 166 g/mol. The van der Waals surface area contributed by atoms with E-state index < -0.39 is 0 Å². The van der Waals surface area contributed by atoms with E-state index in [0.29, 0.717) is 6.42 Å². The van der Waals surface area contributed by atoms with Gasteiger partial charge in [-0.25, -0.2) is 0 Å². The van der Waals surface area contributed by atoms with Crippen LogP contribution in [0.5, 0.6) is 0 Å². The summed E-state index contributed by atoms with van der Waals surface area (Å²) >= 11 is 0. The van der Waals surface area contributed by atoms with Gasteiger partial charge in [-0.3, -0.25) is 0 Å². The summed E-state index contributed by atoms with van der Waals surface area (Å²) in [4.78, 5) is 2.41. The molecule has 0 radical (unpaired) electrons. The first-order valence-electron chi connectivity index (χ1n) is 4.83. The maximum atomic E-state index is 8.43. The molecule has 1 aliphatic rings. The van der Waals surface area contributed by atoms with Crippen LogP contribution in [0.25, 0.3) is 0 Å². The molecule has 1 heterocycles. The molecule has 0 aromatic carbocycles. The van der Waals surface area contributed by atoms with Crippen molar-refractivity contribution in [3.8, 4) is 6.07 Å². The smallest absolute Gasteiger partial charge is 0.0635 e. The lowest BCUT2D eigenvalue weighted by atomic mass is 9.95. The summed E-state index contributed by atoms with van der Waals surface area (Å²) in [7, 11) is 0. The van der Waals surface area contributed by atoms with Crippen molar-refractivity contribution < 1.29 is 0 Å². The Morgan fingerprint density at radius 3 is 2.83 bits per heavy atom. The van der Waals surface area contributed by atoms with Crippen molar-refractivity contribution in [2.24, 2.45) is 11.8 Å². The van der Waals surface area contributed by atoms with Crippen LogP contribution in [-0.4, -0.2) is 24.5 Å². The molecule has 0 aliphatic carbocycles. The summed E-state index contributed by atoms with van der Waals surface area (Å²) < 4.78 is 0. The lowest BCUT2D eigenvalue weighted by Crippen LogP contribution is -2.22. The van der Waals surface area contributed by atoms with Crippen LogP contribution in [0.3, 0.4) is 0 Å². The van der Waals surface area contributed by atoms with Gasteiger partial charge in [0.15, 0.2) is 0 Å². The van der Waals surface area contributed by atoms with Gasteiger partial charge >= 0.3 is 0 Å². The fourth-order valence-corrected chi connectivity index (χ4v) is 1.82. The first-order valence-corrected chi connectivity index (χ1v) is 4.83. The molecule has 0 unspecified atom stereocenters. The SMILES string of the molecule is CC(C)[C@@H]1CCN(CCC#N)C1. The Kier molecular flexibility index (Phi) is 3.55. The molecule has 0 spiro atoms. The van der Waals surface area contributed by atoms with Gasteiger partial charge in [0, 0.05) is 19.5 Å². The molecule has 1 rings (SSSR count). The third-order valence-electron chi connectivity index (χ3n) is 2.79. The van der Waals surface area contributed by atoms with Gasteiger partial charge in [-0.2, -0.15) is 5.26 Å². The molecular weight excluding hydrogens is 148 g/mol. The summed E-state index contributed by atoms with van der Waals surface area (Å²) in [5.74, 6) is 1.67. The van der Waals surface area contributed by atoms with Crippen LogP contribution in [0.1, 0.15) is 26.7 Å². The number of hydrogen-bond acceptors (Lipinski definition) is 2. The van der Waals surface area contributed by atoms with Crippen molar-refractivity contribution >= 4 is 0 Å². The maximum absolute atomic E-state index is 8.43. The minimum atomic E-state index is 0.685. The quantitative estimate of drug-likeness (QED) is 0.640. The highest BCUT2D eigenvalue weighted by atomic mass is 15.1. The number of rotatable bonds is 3. The zero-order valence-corrected chi connectivity index (χ0v) is 8.08. The normalized spacial score (nSPS) is 24.7. The number of likely N-dealkylation sites (tertiary alicyclic amines) is 1. The Bertz CT molecular complexity index is 169. The Morgan fingerprint density at radius 1 is 1.58 bits per heavy atom. The van der Waals surface area contributed by atoms with Crippen LogP contribution in [-0.2, 0) is 0 Å². The van der Waals surface area contributed by atoms with Gasteiger partial charge in [-0.1, -0.05) is 13.8 Å². The molecule has 68 valence electrons. The Labute approximate surface area is 75.2 Å².